The molecule has 14 heteroatoms. The Morgan fingerprint density at radius 2 is 1.74 bits per heavy atom. The Hall–Kier alpha value is -4.29. The van der Waals surface area contributed by atoms with Gasteiger partial charge in [0.2, 0.25) is 5.91 Å². The molecule has 2 aromatic carbocycles. The number of benzene rings is 2. The predicted octanol–water partition coefficient (Wildman–Crippen LogP) is 2.32. The highest BCUT2D eigenvalue weighted by Crippen LogP contribution is 2.25. The van der Waals surface area contributed by atoms with Crippen molar-refractivity contribution in [2.45, 2.75) is 19.0 Å². The highest BCUT2D eigenvalue weighted by Gasteiger charge is 2.27. The summed E-state index contributed by atoms with van der Waals surface area (Å²) in [6, 6.07) is 7.55. The summed E-state index contributed by atoms with van der Waals surface area (Å²) in [5.41, 5.74) is 4.66. The summed E-state index contributed by atoms with van der Waals surface area (Å²) in [5, 5.41) is 11.4. The molecule has 198 valence electrons. The maximum absolute atomic E-state index is 13.3. The van der Waals surface area contributed by atoms with E-state index in [4.69, 9.17) is 33.7 Å². The number of carboxylic acids is 1. The fourth-order valence-corrected chi connectivity index (χ4v) is 3.84. The molecule has 1 amide bonds. The van der Waals surface area contributed by atoms with E-state index >= 15 is 0 Å². The van der Waals surface area contributed by atoms with Crippen LogP contribution in [0.2, 0.25) is 10.0 Å². The second-order valence-corrected chi connectivity index (χ2v) is 8.61. The Kier molecular flexibility index (Phi) is 9.16. The van der Waals surface area contributed by atoms with Crippen molar-refractivity contribution in [2.75, 3.05) is 12.3 Å². The number of nitrogen functional groups attached to an aromatic ring is 1. The highest BCUT2D eigenvalue weighted by atomic mass is 35.5. The van der Waals surface area contributed by atoms with Gasteiger partial charge in [-0.1, -0.05) is 29.3 Å². The fraction of sp³-hybridized carbons (Fsp3) is 0.167. The average Bonchev–Trinajstić information content (AvgIpc) is 2.85. The van der Waals surface area contributed by atoms with Crippen molar-refractivity contribution in [3.05, 3.63) is 80.4 Å². The van der Waals surface area contributed by atoms with Gasteiger partial charge in [0, 0.05) is 5.56 Å². The average molecular weight is 565 g/mol. The summed E-state index contributed by atoms with van der Waals surface area (Å²) in [4.78, 5) is 65.7. The zero-order chi connectivity index (χ0) is 28.0. The monoisotopic (exact) mass is 564 g/mol. The molecule has 0 aliphatic carbocycles. The van der Waals surface area contributed by atoms with Crippen LogP contribution in [-0.2, 0) is 25.7 Å². The van der Waals surface area contributed by atoms with Gasteiger partial charge in [0.1, 0.15) is 29.9 Å². The number of aromatic nitrogens is 2. The van der Waals surface area contributed by atoms with Gasteiger partial charge < -0.3 is 20.9 Å². The number of carboxylic acid groups (broad SMARTS) is 1. The molecule has 38 heavy (non-hydrogen) atoms. The number of anilines is 1. The first-order valence-corrected chi connectivity index (χ1v) is 11.5. The van der Waals surface area contributed by atoms with Gasteiger partial charge in [0.25, 0.3) is 5.56 Å². The molecule has 1 heterocycles. The molecule has 3 aromatic rings. The molecular formula is C24H19Cl2FN4O7. The van der Waals surface area contributed by atoms with E-state index in [1.54, 1.807) is 0 Å². The predicted molar refractivity (Wildman–Crippen MR) is 134 cm³/mol. The van der Waals surface area contributed by atoms with Gasteiger partial charge >= 0.3 is 11.9 Å². The number of nitrogens with zero attached hydrogens (tertiary/aromatic N) is 2. The van der Waals surface area contributed by atoms with Crippen LogP contribution in [-0.4, -0.2) is 50.9 Å². The normalized spacial score (nSPS) is 11.4. The third-order valence-corrected chi connectivity index (χ3v) is 5.72. The largest absolute Gasteiger partial charge is 0.481 e. The molecule has 0 spiro atoms. The lowest BCUT2D eigenvalue weighted by atomic mass is 10.1. The minimum Gasteiger partial charge on any atom is -0.481 e. The second kappa shape index (κ2) is 12.3. The van der Waals surface area contributed by atoms with E-state index in [-0.39, 0.29) is 27.1 Å². The van der Waals surface area contributed by atoms with Gasteiger partial charge in [0.15, 0.2) is 12.4 Å². The van der Waals surface area contributed by atoms with Crippen molar-refractivity contribution in [3.63, 3.8) is 0 Å². The van der Waals surface area contributed by atoms with E-state index < -0.39 is 60.6 Å². The molecule has 11 nitrogen and oxygen atoms in total. The molecule has 0 aliphatic rings. The summed E-state index contributed by atoms with van der Waals surface area (Å²) in [7, 11) is 0. The molecule has 1 aromatic heterocycles. The summed E-state index contributed by atoms with van der Waals surface area (Å²) in [6.07, 6.45) is 0.232. The molecule has 3 rings (SSSR count). The van der Waals surface area contributed by atoms with Crippen molar-refractivity contribution in [1.29, 1.82) is 0 Å². The van der Waals surface area contributed by atoms with Crippen LogP contribution in [0.4, 0.5) is 10.1 Å². The van der Waals surface area contributed by atoms with Crippen molar-refractivity contribution < 1.29 is 33.4 Å². The van der Waals surface area contributed by atoms with Crippen molar-refractivity contribution in [3.8, 4) is 11.4 Å². The van der Waals surface area contributed by atoms with Crippen molar-refractivity contribution >= 4 is 52.5 Å². The van der Waals surface area contributed by atoms with E-state index in [2.05, 4.69) is 10.3 Å². The number of rotatable bonds is 10. The van der Waals surface area contributed by atoms with Gasteiger partial charge in [-0.15, -0.1) is 0 Å². The zero-order valence-electron chi connectivity index (χ0n) is 19.3. The van der Waals surface area contributed by atoms with E-state index in [0.717, 1.165) is 22.9 Å². The first kappa shape index (κ1) is 28.3. The van der Waals surface area contributed by atoms with Crippen LogP contribution in [0.25, 0.3) is 11.4 Å². The zero-order valence-corrected chi connectivity index (χ0v) is 20.8. The lowest BCUT2D eigenvalue weighted by molar-refractivity contribution is -0.140. The Bertz CT molecular complexity index is 1440. The van der Waals surface area contributed by atoms with E-state index in [1.807, 2.05) is 0 Å². The molecule has 1 atom stereocenters. The Morgan fingerprint density at radius 3 is 2.34 bits per heavy atom. The maximum Gasteiger partial charge on any atom is 0.341 e. The number of carbonyl (C=O) groups is 4. The van der Waals surface area contributed by atoms with Crippen LogP contribution in [0.1, 0.15) is 16.8 Å². The number of esters is 1. The first-order chi connectivity index (χ1) is 18.0. The second-order valence-electron chi connectivity index (χ2n) is 7.79. The Balaban J connectivity index is 1.77. The molecule has 0 fully saturated rings. The van der Waals surface area contributed by atoms with E-state index in [9.17, 15) is 33.5 Å². The number of aliphatic carboxylic acids is 1. The third kappa shape index (κ3) is 6.93. The SMILES string of the molecule is Nc1cnc(-c2ccc(F)cc2)n(CC(=O)N[C@@H](CC(=O)O)C(=O)COC(=O)c2c(Cl)cccc2Cl)c1=O. The maximum atomic E-state index is 13.3. The molecule has 0 saturated heterocycles. The standard InChI is InChI=1S/C24H19Cl2FN4O7/c25-14-2-1-3-15(26)21(14)24(37)38-11-18(32)17(8-20(34)35)30-19(33)10-31-22(29-9-16(28)23(31)36)12-4-6-13(27)7-5-12/h1-7,9,17H,8,10-11,28H2,(H,30,33)(H,34,35)/t17-/m0/s1. The van der Waals surface area contributed by atoms with Crippen LogP contribution in [0.3, 0.4) is 0 Å². The highest BCUT2D eigenvalue weighted by molar-refractivity contribution is 6.39. The number of carbonyl (C=O) groups excluding carboxylic acids is 3. The third-order valence-electron chi connectivity index (χ3n) is 5.09. The van der Waals surface area contributed by atoms with Crippen LogP contribution < -0.4 is 16.6 Å². The molecule has 0 aliphatic heterocycles. The van der Waals surface area contributed by atoms with Crippen LogP contribution in [0.15, 0.2) is 53.5 Å². The molecular weight excluding hydrogens is 546 g/mol. The van der Waals surface area contributed by atoms with Gasteiger partial charge in [-0.2, -0.15) is 0 Å². The number of Topliss-reactive ketones (excluding diaryl/α,β-unsaturated/α-hetero) is 1. The molecule has 0 saturated carbocycles. The van der Waals surface area contributed by atoms with Gasteiger partial charge in [-0.3, -0.25) is 23.7 Å². The topological polar surface area (TPSA) is 171 Å². The van der Waals surface area contributed by atoms with Crippen molar-refractivity contribution in [1.82, 2.24) is 14.9 Å². The van der Waals surface area contributed by atoms with Crippen molar-refractivity contribution in [2.24, 2.45) is 0 Å². The fourth-order valence-electron chi connectivity index (χ4n) is 3.29. The molecule has 4 N–H and O–H groups in total. The molecule has 0 bridgehead atoms. The lowest BCUT2D eigenvalue weighted by Gasteiger charge is -2.18. The number of nitrogens with two attached hydrogens (primary N) is 1. The smallest absolute Gasteiger partial charge is 0.341 e. The van der Waals surface area contributed by atoms with Crippen LogP contribution in [0, 0.1) is 5.82 Å². The van der Waals surface area contributed by atoms with Crippen LogP contribution >= 0.6 is 23.2 Å². The number of halogens is 3. The number of nitrogens with one attached hydrogen (secondary N) is 1. The lowest BCUT2D eigenvalue weighted by Crippen LogP contribution is -2.46. The molecule has 0 unspecified atom stereocenters. The number of hydrogen-bond acceptors (Lipinski definition) is 8. The Morgan fingerprint density at radius 1 is 1.11 bits per heavy atom. The van der Waals surface area contributed by atoms with Gasteiger partial charge in [0.05, 0.1) is 28.2 Å². The number of hydrogen-bond donors (Lipinski definition) is 3. The van der Waals surface area contributed by atoms with E-state index in [0.29, 0.717) is 5.56 Å². The van der Waals surface area contributed by atoms with Gasteiger partial charge in [-0.25, -0.2) is 14.2 Å². The van der Waals surface area contributed by atoms with Gasteiger partial charge in [-0.05, 0) is 36.4 Å². The first-order valence-electron chi connectivity index (χ1n) is 10.7. The minimum absolute atomic E-state index is 0.0222. The number of ketones is 1. The summed E-state index contributed by atoms with van der Waals surface area (Å²) in [6.45, 7) is -1.61. The summed E-state index contributed by atoms with van der Waals surface area (Å²) < 4.78 is 19.1. The number of ether oxygens (including phenoxy) is 1. The van der Waals surface area contributed by atoms with Crippen LogP contribution in [0.5, 0.6) is 0 Å². The number of amides is 1. The quantitative estimate of drug-likeness (QED) is 0.312. The molecule has 0 radical (unpaired) electrons. The Labute approximate surface area is 223 Å². The van der Waals surface area contributed by atoms with E-state index in [1.165, 1.54) is 30.3 Å². The summed E-state index contributed by atoms with van der Waals surface area (Å²) in [5.74, 6) is -4.92. The minimum atomic E-state index is -1.62. The summed E-state index contributed by atoms with van der Waals surface area (Å²) >= 11 is 11.9.